The van der Waals surface area contributed by atoms with Crippen LogP contribution in [-0.4, -0.2) is 6.29 Å². The summed E-state index contributed by atoms with van der Waals surface area (Å²) < 4.78 is 11.8. The van der Waals surface area contributed by atoms with Crippen LogP contribution in [0.3, 0.4) is 0 Å². The van der Waals surface area contributed by atoms with Gasteiger partial charge in [0.05, 0.1) is 0 Å². The van der Waals surface area contributed by atoms with E-state index in [2.05, 4.69) is 6.92 Å². The van der Waals surface area contributed by atoms with Crippen molar-refractivity contribution in [1.82, 2.24) is 0 Å². The van der Waals surface area contributed by atoms with Crippen molar-refractivity contribution in [3.05, 3.63) is 48.0 Å². The molecule has 0 aliphatic heterocycles. The molecule has 0 aliphatic carbocycles. The highest BCUT2D eigenvalue weighted by Crippen LogP contribution is 2.23. The van der Waals surface area contributed by atoms with Gasteiger partial charge in [-0.25, -0.2) is 0 Å². The molecule has 21 heavy (non-hydrogen) atoms. The number of aryl methyl sites for hydroxylation is 1. The zero-order valence-corrected chi connectivity index (χ0v) is 12.5. The predicted octanol–water partition coefficient (Wildman–Crippen LogP) is 3.74. The monoisotopic (exact) mass is 286 g/mol. The Bertz CT molecular complexity index is 599. The molecule has 0 heterocycles. The van der Waals surface area contributed by atoms with Gasteiger partial charge in [-0.2, -0.15) is 0 Å². The van der Waals surface area contributed by atoms with E-state index in [1.165, 1.54) is 0 Å². The third-order valence-electron chi connectivity index (χ3n) is 3.16. The van der Waals surface area contributed by atoms with Crippen LogP contribution in [0.1, 0.15) is 25.3 Å². The lowest BCUT2D eigenvalue weighted by Crippen LogP contribution is -2.23. The Balaban J connectivity index is 2.09. The minimum absolute atomic E-state index is 0.347. The van der Waals surface area contributed by atoms with E-state index >= 15 is 0 Å². The summed E-state index contributed by atoms with van der Waals surface area (Å²) in [5, 5.41) is 0. The fraction of sp³-hybridized carbons (Fsp3) is 0.294. The first-order chi connectivity index (χ1) is 10.1. The lowest BCUT2D eigenvalue weighted by molar-refractivity contribution is -0.00100. The first-order valence-corrected chi connectivity index (χ1v) is 7.13. The van der Waals surface area contributed by atoms with Crippen molar-refractivity contribution in [3.8, 4) is 11.5 Å². The Morgan fingerprint density at radius 1 is 1.00 bits per heavy atom. The van der Waals surface area contributed by atoms with Gasteiger partial charge in [-0.3, -0.25) is 0 Å². The molecule has 4 heteroatoms. The molecule has 1 unspecified atom stereocenters. The minimum atomic E-state index is -0.347. The van der Waals surface area contributed by atoms with Gasteiger partial charge in [0.1, 0.15) is 11.5 Å². The average Bonchev–Trinajstić information content (AvgIpc) is 2.43. The van der Waals surface area contributed by atoms with Crippen molar-refractivity contribution in [2.24, 2.45) is 0 Å². The Kier molecular flexibility index (Phi) is 4.93. The molecule has 0 amide bonds. The van der Waals surface area contributed by atoms with Crippen LogP contribution < -0.4 is 20.9 Å². The van der Waals surface area contributed by atoms with Crippen molar-refractivity contribution in [2.45, 2.75) is 33.0 Å². The first-order valence-electron chi connectivity index (χ1n) is 7.13. The van der Waals surface area contributed by atoms with Gasteiger partial charge in [0.2, 0.25) is 6.29 Å². The second-order valence-electron chi connectivity index (χ2n) is 5.04. The number of nitrogen functional groups attached to an aromatic ring is 2. The number of anilines is 2. The molecule has 0 aromatic heterocycles. The molecular formula is C17H22N2O2. The topological polar surface area (TPSA) is 70.5 Å². The molecule has 0 bridgehead atoms. The predicted molar refractivity (Wildman–Crippen MR) is 86.4 cm³/mol. The fourth-order valence-electron chi connectivity index (χ4n) is 1.99. The third kappa shape index (κ3) is 4.31. The van der Waals surface area contributed by atoms with Gasteiger partial charge in [0.25, 0.3) is 0 Å². The smallest absolute Gasteiger partial charge is 0.241 e. The van der Waals surface area contributed by atoms with Gasteiger partial charge in [0, 0.05) is 23.9 Å². The van der Waals surface area contributed by atoms with Gasteiger partial charge in [-0.15, -0.1) is 0 Å². The maximum atomic E-state index is 5.92. The quantitative estimate of drug-likeness (QED) is 0.627. The molecule has 0 saturated heterocycles. The molecule has 0 aliphatic rings. The van der Waals surface area contributed by atoms with E-state index < -0.39 is 0 Å². The van der Waals surface area contributed by atoms with Crippen LogP contribution in [0.15, 0.2) is 42.5 Å². The van der Waals surface area contributed by atoms with Crippen molar-refractivity contribution in [3.63, 3.8) is 0 Å². The molecule has 2 aromatic carbocycles. The summed E-state index contributed by atoms with van der Waals surface area (Å²) in [5.74, 6) is 1.46. The summed E-state index contributed by atoms with van der Waals surface area (Å²) in [6.07, 6.45) is 1.40. The third-order valence-corrected chi connectivity index (χ3v) is 3.16. The lowest BCUT2D eigenvalue weighted by Gasteiger charge is -2.20. The summed E-state index contributed by atoms with van der Waals surface area (Å²) in [5.41, 5.74) is 14.0. The Morgan fingerprint density at radius 2 is 1.71 bits per heavy atom. The fourth-order valence-corrected chi connectivity index (χ4v) is 1.99. The molecule has 112 valence electrons. The first kappa shape index (κ1) is 15.0. The molecule has 4 N–H and O–H groups in total. The van der Waals surface area contributed by atoms with Crippen LogP contribution in [0.25, 0.3) is 0 Å². The number of hydrogen-bond acceptors (Lipinski definition) is 4. The molecule has 0 saturated carbocycles. The van der Waals surface area contributed by atoms with Gasteiger partial charge in [-0.1, -0.05) is 13.0 Å². The summed E-state index contributed by atoms with van der Waals surface area (Å²) in [4.78, 5) is 0. The standard InChI is InChI=1S/C17H22N2O2/c1-3-5-17(20-14-7-4-6-13(18)11-14)21-15-8-9-16(19)12(2)10-15/h4,6-11,17H,3,5,18-19H2,1-2H3. The maximum Gasteiger partial charge on any atom is 0.241 e. The summed E-state index contributed by atoms with van der Waals surface area (Å²) in [7, 11) is 0. The molecular weight excluding hydrogens is 264 g/mol. The largest absolute Gasteiger partial charge is 0.455 e. The lowest BCUT2D eigenvalue weighted by atomic mass is 10.2. The van der Waals surface area contributed by atoms with Crippen LogP contribution >= 0.6 is 0 Å². The zero-order valence-electron chi connectivity index (χ0n) is 12.5. The highest BCUT2D eigenvalue weighted by molar-refractivity contribution is 5.49. The van der Waals surface area contributed by atoms with Gasteiger partial charge >= 0.3 is 0 Å². The van der Waals surface area contributed by atoms with Crippen molar-refractivity contribution in [1.29, 1.82) is 0 Å². The highest BCUT2D eigenvalue weighted by atomic mass is 16.7. The maximum absolute atomic E-state index is 5.92. The molecule has 1 atom stereocenters. The average molecular weight is 286 g/mol. The molecule has 4 nitrogen and oxygen atoms in total. The van der Waals surface area contributed by atoms with Gasteiger partial charge < -0.3 is 20.9 Å². The summed E-state index contributed by atoms with van der Waals surface area (Å²) in [6.45, 7) is 4.04. The normalized spacial score (nSPS) is 11.9. The van der Waals surface area contributed by atoms with Crippen LogP contribution in [0.4, 0.5) is 11.4 Å². The van der Waals surface area contributed by atoms with Crippen LogP contribution in [0.2, 0.25) is 0 Å². The molecule has 0 fully saturated rings. The summed E-state index contributed by atoms with van der Waals surface area (Å²) >= 11 is 0. The zero-order chi connectivity index (χ0) is 15.2. The van der Waals surface area contributed by atoms with Crippen molar-refractivity contribution >= 4 is 11.4 Å². The van der Waals surface area contributed by atoms with Crippen LogP contribution in [-0.2, 0) is 0 Å². The molecule has 0 spiro atoms. The number of rotatable bonds is 6. The van der Waals surface area contributed by atoms with Gasteiger partial charge in [-0.05, 0) is 49.2 Å². The number of benzene rings is 2. The Hall–Kier alpha value is -2.36. The van der Waals surface area contributed by atoms with Crippen molar-refractivity contribution in [2.75, 3.05) is 11.5 Å². The minimum Gasteiger partial charge on any atom is -0.455 e. The highest BCUT2D eigenvalue weighted by Gasteiger charge is 2.12. The van der Waals surface area contributed by atoms with Crippen molar-refractivity contribution < 1.29 is 9.47 Å². The van der Waals surface area contributed by atoms with E-state index in [4.69, 9.17) is 20.9 Å². The molecule has 0 radical (unpaired) electrons. The molecule has 2 rings (SSSR count). The van der Waals surface area contributed by atoms with E-state index in [9.17, 15) is 0 Å². The Labute approximate surface area is 125 Å². The van der Waals surface area contributed by atoms with Crippen LogP contribution in [0, 0.1) is 6.92 Å². The van der Waals surface area contributed by atoms with E-state index in [1.54, 1.807) is 6.07 Å². The van der Waals surface area contributed by atoms with E-state index in [-0.39, 0.29) is 6.29 Å². The second kappa shape index (κ2) is 6.88. The SMILES string of the molecule is CCCC(Oc1cccc(N)c1)Oc1ccc(N)c(C)c1. The van der Waals surface area contributed by atoms with Crippen LogP contribution in [0.5, 0.6) is 11.5 Å². The van der Waals surface area contributed by atoms with E-state index in [0.29, 0.717) is 11.4 Å². The van der Waals surface area contributed by atoms with E-state index in [1.807, 2.05) is 43.3 Å². The molecule has 2 aromatic rings. The second-order valence-corrected chi connectivity index (χ2v) is 5.04. The van der Waals surface area contributed by atoms with E-state index in [0.717, 1.165) is 29.8 Å². The Morgan fingerprint density at radius 3 is 2.33 bits per heavy atom. The summed E-state index contributed by atoms with van der Waals surface area (Å²) in [6, 6.07) is 13.0. The number of ether oxygens (including phenoxy) is 2. The van der Waals surface area contributed by atoms with Gasteiger partial charge in [0.15, 0.2) is 0 Å². The number of hydrogen-bond donors (Lipinski definition) is 2. The number of nitrogens with two attached hydrogens (primary N) is 2.